The predicted molar refractivity (Wildman–Crippen MR) is 81.5 cm³/mol. The average molecular weight is 296 g/mol. The highest BCUT2D eigenvalue weighted by Gasteiger charge is 2.15. The quantitative estimate of drug-likeness (QED) is 0.670. The third kappa shape index (κ3) is 5.31. The summed E-state index contributed by atoms with van der Waals surface area (Å²) in [5.74, 6) is 1.31. The molecule has 0 saturated carbocycles. The Morgan fingerprint density at radius 1 is 1.24 bits per heavy atom. The Labute approximate surface area is 125 Å². The van der Waals surface area contributed by atoms with Gasteiger partial charge in [-0.1, -0.05) is 13.3 Å². The molecule has 118 valence electrons. The van der Waals surface area contributed by atoms with Crippen molar-refractivity contribution >= 4 is 17.8 Å². The van der Waals surface area contributed by atoms with Crippen molar-refractivity contribution in [2.24, 2.45) is 0 Å². The van der Waals surface area contributed by atoms with Crippen LogP contribution in [0.1, 0.15) is 19.8 Å². The summed E-state index contributed by atoms with van der Waals surface area (Å²) >= 11 is 0. The van der Waals surface area contributed by atoms with Crippen molar-refractivity contribution in [1.82, 2.24) is 15.0 Å². The lowest BCUT2D eigenvalue weighted by Gasteiger charge is -2.26. The summed E-state index contributed by atoms with van der Waals surface area (Å²) in [5.41, 5.74) is 5.74. The number of rotatable bonds is 8. The van der Waals surface area contributed by atoms with Crippen molar-refractivity contribution in [2.75, 3.05) is 62.0 Å². The molecular formula is C13H24N6O2. The van der Waals surface area contributed by atoms with Gasteiger partial charge in [0.15, 0.2) is 0 Å². The number of nitrogen functional groups attached to an aromatic ring is 1. The lowest BCUT2D eigenvalue weighted by atomic mass is 10.4. The summed E-state index contributed by atoms with van der Waals surface area (Å²) in [6, 6.07) is 0. The van der Waals surface area contributed by atoms with Gasteiger partial charge in [-0.3, -0.25) is 0 Å². The molecule has 0 unspecified atom stereocenters. The Kier molecular flexibility index (Phi) is 6.42. The highest BCUT2D eigenvalue weighted by atomic mass is 16.5. The van der Waals surface area contributed by atoms with Crippen LogP contribution in [-0.2, 0) is 9.47 Å². The summed E-state index contributed by atoms with van der Waals surface area (Å²) in [5, 5.41) is 3.12. The van der Waals surface area contributed by atoms with E-state index in [1.165, 1.54) is 0 Å². The number of nitrogens with zero attached hydrogens (tertiary/aromatic N) is 4. The van der Waals surface area contributed by atoms with Crippen molar-refractivity contribution < 1.29 is 9.47 Å². The Bertz CT molecular complexity index is 425. The normalized spacial score (nSPS) is 15.2. The van der Waals surface area contributed by atoms with Gasteiger partial charge in [-0.2, -0.15) is 15.0 Å². The molecule has 1 aliphatic heterocycles. The second kappa shape index (κ2) is 8.58. The molecule has 2 rings (SSSR count). The molecule has 8 nitrogen and oxygen atoms in total. The third-order valence-corrected chi connectivity index (χ3v) is 3.11. The van der Waals surface area contributed by atoms with E-state index in [-0.39, 0.29) is 5.95 Å². The number of hydrogen-bond acceptors (Lipinski definition) is 8. The van der Waals surface area contributed by atoms with Gasteiger partial charge in [0.05, 0.1) is 19.8 Å². The first-order valence-electron chi connectivity index (χ1n) is 7.45. The maximum absolute atomic E-state index is 5.74. The molecule has 0 radical (unpaired) electrons. The van der Waals surface area contributed by atoms with Crippen LogP contribution >= 0.6 is 0 Å². The zero-order valence-electron chi connectivity index (χ0n) is 12.5. The minimum absolute atomic E-state index is 0.223. The lowest BCUT2D eigenvalue weighted by molar-refractivity contribution is 0.122. The highest BCUT2D eigenvalue weighted by molar-refractivity contribution is 5.42. The molecule has 0 aliphatic carbocycles. The van der Waals surface area contributed by atoms with Crippen LogP contribution in [0.5, 0.6) is 0 Å². The average Bonchev–Trinajstić information content (AvgIpc) is 2.51. The molecule has 0 spiro atoms. The largest absolute Gasteiger partial charge is 0.380 e. The predicted octanol–water partition coefficient (Wildman–Crippen LogP) is 0.519. The van der Waals surface area contributed by atoms with Gasteiger partial charge in [0.1, 0.15) is 0 Å². The van der Waals surface area contributed by atoms with Crippen LogP contribution in [0.4, 0.5) is 17.8 Å². The number of aromatic nitrogens is 3. The van der Waals surface area contributed by atoms with Crippen molar-refractivity contribution in [3.8, 4) is 0 Å². The minimum Gasteiger partial charge on any atom is -0.380 e. The summed E-state index contributed by atoms with van der Waals surface area (Å²) in [7, 11) is 0. The molecule has 0 amide bonds. The van der Waals surface area contributed by atoms with Crippen LogP contribution in [0.2, 0.25) is 0 Å². The van der Waals surface area contributed by atoms with E-state index in [4.69, 9.17) is 15.2 Å². The zero-order valence-corrected chi connectivity index (χ0v) is 12.5. The van der Waals surface area contributed by atoms with Crippen molar-refractivity contribution in [3.05, 3.63) is 0 Å². The number of nitrogens with two attached hydrogens (primary N) is 1. The number of anilines is 3. The van der Waals surface area contributed by atoms with E-state index in [1.54, 1.807) is 0 Å². The molecule has 8 heteroatoms. The monoisotopic (exact) mass is 296 g/mol. The van der Waals surface area contributed by atoms with Crippen LogP contribution in [0.3, 0.4) is 0 Å². The molecule has 0 bridgehead atoms. The van der Waals surface area contributed by atoms with E-state index in [0.717, 1.165) is 32.5 Å². The van der Waals surface area contributed by atoms with E-state index in [9.17, 15) is 0 Å². The molecule has 1 aromatic heterocycles. The molecule has 1 saturated heterocycles. The number of unbranched alkanes of at least 4 members (excludes halogenated alkanes) is 1. The minimum atomic E-state index is 0.223. The number of morpholine rings is 1. The van der Waals surface area contributed by atoms with E-state index in [0.29, 0.717) is 38.3 Å². The molecule has 2 heterocycles. The fourth-order valence-corrected chi connectivity index (χ4v) is 1.95. The highest BCUT2D eigenvalue weighted by Crippen LogP contribution is 2.13. The molecular weight excluding hydrogens is 272 g/mol. The fraction of sp³-hybridized carbons (Fsp3) is 0.769. The summed E-state index contributed by atoms with van der Waals surface area (Å²) in [6.45, 7) is 7.10. The van der Waals surface area contributed by atoms with Crippen LogP contribution in [-0.4, -0.2) is 61.0 Å². The summed E-state index contributed by atoms with van der Waals surface area (Å²) in [4.78, 5) is 14.7. The molecule has 0 aromatic carbocycles. The van der Waals surface area contributed by atoms with Gasteiger partial charge in [0.25, 0.3) is 0 Å². The zero-order chi connectivity index (χ0) is 14.9. The second-order valence-electron chi connectivity index (χ2n) is 4.81. The standard InChI is InChI=1S/C13H24N6O2/c1-2-3-7-20-8-4-15-12-16-11(14)17-13(18-12)19-5-9-21-10-6-19/h2-10H2,1H3,(H3,14,15,16,17,18). The topological polar surface area (TPSA) is 98.4 Å². The number of hydrogen-bond donors (Lipinski definition) is 2. The smallest absolute Gasteiger partial charge is 0.232 e. The third-order valence-electron chi connectivity index (χ3n) is 3.11. The fourth-order valence-electron chi connectivity index (χ4n) is 1.95. The first-order chi connectivity index (χ1) is 10.3. The van der Waals surface area contributed by atoms with Crippen LogP contribution in [0, 0.1) is 0 Å². The summed E-state index contributed by atoms with van der Waals surface area (Å²) < 4.78 is 10.8. The van der Waals surface area contributed by atoms with Gasteiger partial charge in [0.2, 0.25) is 17.8 Å². The molecule has 1 aliphatic rings. The SMILES string of the molecule is CCCCOCCNc1nc(N)nc(N2CCOCC2)n1. The number of nitrogens with one attached hydrogen (secondary N) is 1. The van der Waals surface area contributed by atoms with Crippen molar-refractivity contribution in [3.63, 3.8) is 0 Å². The lowest BCUT2D eigenvalue weighted by Crippen LogP contribution is -2.37. The molecule has 1 aromatic rings. The Morgan fingerprint density at radius 2 is 2.05 bits per heavy atom. The Morgan fingerprint density at radius 3 is 2.81 bits per heavy atom. The van der Waals surface area contributed by atoms with E-state index < -0.39 is 0 Å². The van der Waals surface area contributed by atoms with E-state index in [1.807, 2.05) is 4.90 Å². The maximum Gasteiger partial charge on any atom is 0.232 e. The van der Waals surface area contributed by atoms with Gasteiger partial charge in [0, 0.05) is 26.2 Å². The van der Waals surface area contributed by atoms with E-state index >= 15 is 0 Å². The van der Waals surface area contributed by atoms with Gasteiger partial charge in [-0.15, -0.1) is 0 Å². The van der Waals surface area contributed by atoms with Gasteiger partial charge >= 0.3 is 0 Å². The number of ether oxygens (including phenoxy) is 2. The first-order valence-corrected chi connectivity index (χ1v) is 7.45. The van der Waals surface area contributed by atoms with Crippen molar-refractivity contribution in [1.29, 1.82) is 0 Å². The molecule has 21 heavy (non-hydrogen) atoms. The van der Waals surface area contributed by atoms with E-state index in [2.05, 4.69) is 27.2 Å². The van der Waals surface area contributed by atoms with Crippen LogP contribution in [0.25, 0.3) is 0 Å². The van der Waals surface area contributed by atoms with Gasteiger partial charge in [-0.05, 0) is 6.42 Å². The second-order valence-corrected chi connectivity index (χ2v) is 4.81. The summed E-state index contributed by atoms with van der Waals surface area (Å²) in [6.07, 6.45) is 2.22. The van der Waals surface area contributed by atoms with Crippen LogP contribution < -0.4 is 16.0 Å². The van der Waals surface area contributed by atoms with Crippen molar-refractivity contribution in [2.45, 2.75) is 19.8 Å². The molecule has 1 fully saturated rings. The Hall–Kier alpha value is -1.67. The van der Waals surface area contributed by atoms with Gasteiger partial charge in [-0.25, -0.2) is 0 Å². The van der Waals surface area contributed by atoms with Gasteiger partial charge < -0.3 is 25.4 Å². The van der Waals surface area contributed by atoms with Crippen LogP contribution in [0.15, 0.2) is 0 Å². The first kappa shape index (κ1) is 15.7. The maximum atomic E-state index is 5.74. The molecule has 3 N–H and O–H groups in total. The Balaban J connectivity index is 1.83. The molecule has 0 atom stereocenters.